The minimum Gasteiger partial charge on any atom is -0.370 e. The molecule has 1 heterocycles. The number of carbonyl (C=O) groups excluding carboxylic acids is 1. The van der Waals surface area contributed by atoms with E-state index in [2.05, 4.69) is 31.1 Å². The fourth-order valence-corrected chi connectivity index (χ4v) is 2.32. The van der Waals surface area contributed by atoms with Gasteiger partial charge >= 0.3 is 0 Å². The van der Waals surface area contributed by atoms with Gasteiger partial charge in [-0.15, -0.1) is 0 Å². The summed E-state index contributed by atoms with van der Waals surface area (Å²) in [5.41, 5.74) is 1.55. The Kier molecular flexibility index (Phi) is 6.52. The molecule has 0 atom stereocenters. The highest BCUT2D eigenvalue weighted by Crippen LogP contribution is 2.24. The highest BCUT2D eigenvalue weighted by atomic mass is 32.2. The molecule has 0 aromatic carbocycles. The van der Waals surface area contributed by atoms with Crippen molar-refractivity contribution in [3.8, 4) is 0 Å². The van der Waals surface area contributed by atoms with Gasteiger partial charge in [-0.1, -0.05) is 20.8 Å². The summed E-state index contributed by atoms with van der Waals surface area (Å²) in [5, 5.41) is 3.21. The van der Waals surface area contributed by atoms with Gasteiger partial charge in [0.2, 0.25) is 0 Å². The first-order valence-electron chi connectivity index (χ1n) is 7.30. The number of hydrogen-bond acceptors (Lipinski definition) is 4. The van der Waals surface area contributed by atoms with Crippen LogP contribution < -0.4 is 5.32 Å². The van der Waals surface area contributed by atoms with Crippen LogP contribution in [0.25, 0.3) is 0 Å². The van der Waals surface area contributed by atoms with E-state index in [1.807, 2.05) is 32.4 Å². The third-order valence-corrected chi connectivity index (χ3v) is 3.77. The SMILES string of the molecule is CCNc1cc(C(=O)N(C)CCSC)cc(C(C)(C)C)n1. The highest BCUT2D eigenvalue weighted by Gasteiger charge is 2.20. The molecule has 0 aliphatic carbocycles. The topological polar surface area (TPSA) is 45.2 Å². The lowest BCUT2D eigenvalue weighted by Gasteiger charge is -2.22. The number of nitrogens with one attached hydrogen (secondary N) is 1. The molecule has 0 radical (unpaired) electrons. The predicted octanol–water partition coefficient (Wildman–Crippen LogP) is 3.25. The lowest BCUT2D eigenvalue weighted by molar-refractivity contribution is 0.0803. The van der Waals surface area contributed by atoms with Crippen LogP contribution in [0.5, 0.6) is 0 Å². The van der Waals surface area contributed by atoms with Gasteiger partial charge in [0.25, 0.3) is 5.91 Å². The van der Waals surface area contributed by atoms with Crippen molar-refractivity contribution < 1.29 is 4.79 Å². The van der Waals surface area contributed by atoms with E-state index < -0.39 is 0 Å². The van der Waals surface area contributed by atoms with Crippen LogP contribution in [-0.2, 0) is 5.41 Å². The Morgan fingerprint density at radius 2 is 2.05 bits per heavy atom. The number of nitrogens with zero attached hydrogens (tertiary/aromatic N) is 2. The third kappa shape index (κ3) is 5.23. The van der Waals surface area contributed by atoms with Gasteiger partial charge in [0.1, 0.15) is 5.82 Å². The molecule has 118 valence electrons. The average molecular weight is 309 g/mol. The first-order chi connectivity index (χ1) is 9.79. The highest BCUT2D eigenvalue weighted by molar-refractivity contribution is 7.98. The maximum Gasteiger partial charge on any atom is 0.253 e. The Morgan fingerprint density at radius 1 is 1.38 bits per heavy atom. The fraction of sp³-hybridized carbons (Fsp3) is 0.625. The summed E-state index contributed by atoms with van der Waals surface area (Å²) >= 11 is 1.74. The molecule has 1 aromatic rings. The van der Waals surface area contributed by atoms with Crippen molar-refractivity contribution in [1.29, 1.82) is 0 Å². The molecule has 1 amide bonds. The molecular formula is C16H27N3OS. The molecule has 0 unspecified atom stereocenters. The van der Waals surface area contributed by atoms with E-state index in [-0.39, 0.29) is 11.3 Å². The summed E-state index contributed by atoms with van der Waals surface area (Å²) in [5.74, 6) is 1.77. The molecule has 0 aliphatic rings. The molecule has 1 aromatic heterocycles. The van der Waals surface area contributed by atoms with Crippen LogP contribution in [0.2, 0.25) is 0 Å². The molecule has 0 saturated carbocycles. The van der Waals surface area contributed by atoms with Crippen molar-refractivity contribution in [2.45, 2.75) is 33.1 Å². The van der Waals surface area contributed by atoms with Crippen molar-refractivity contribution >= 4 is 23.5 Å². The van der Waals surface area contributed by atoms with Crippen molar-refractivity contribution in [2.75, 3.05) is 37.5 Å². The summed E-state index contributed by atoms with van der Waals surface area (Å²) in [7, 11) is 1.85. The van der Waals surface area contributed by atoms with Crippen LogP contribution >= 0.6 is 11.8 Å². The lowest BCUT2D eigenvalue weighted by atomic mass is 9.90. The van der Waals surface area contributed by atoms with Crippen LogP contribution in [0.4, 0.5) is 5.82 Å². The van der Waals surface area contributed by atoms with Crippen molar-refractivity contribution in [3.05, 3.63) is 23.4 Å². The number of anilines is 1. The number of amides is 1. The second-order valence-corrected chi connectivity index (χ2v) is 7.11. The Bertz CT molecular complexity index is 483. The molecule has 21 heavy (non-hydrogen) atoms. The Morgan fingerprint density at radius 3 is 2.57 bits per heavy atom. The van der Waals surface area contributed by atoms with Crippen molar-refractivity contribution in [2.24, 2.45) is 0 Å². The third-order valence-electron chi connectivity index (χ3n) is 3.18. The van der Waals surface area contributed by atoms with Gasteiger partial charge in [-0.2, -0.15) is 11.8 Å². The van der Waals surface area contributed by atoms with Gasteiger partial charge in [-0.3, -0.25) is 4.79 Å². The van der Waals surface area contributed by atoms with E-state index in [0.29, 0.717) is 5.56 Å². The van der Waals surface area contributed by atoms with Crippen molar-refractivity contribution in [1.82, 2.24) is 9.88 Å². The predicted molar refractivity (Wildman–Crippen MR) is 92.4 cm³/mol. The standard InChI is InChI=1S/C16H27N3OS/c1-7-17-14-11-12(10-13(18-14)16(2,3)4)15(20)19(5)8-9-21-6/h10-11H,7-9H2,1-6H3,(H,17,18). The Balaban J connectivity index is 3.10. The zero-order valence-electron chi connectivity index (χ0n) is 14.0. The fourth-order valence-electron chi connectivity index (χ4n) is 1.86. The quantitative estimate of drug-likeness (QED) is 0.876. The normalized spacial score (nSPS) is 11.3. The van der Waals surface area contributed by atoms with E-state index in [1.165, 1.54) is 0 Å². The maximum atomic E-state index is 12.5. The number of hydrogen-bond donors (Lipinski definition) is 1. The molecule has 0 saturated heterocycles. The molecular weight excluding hydrogens is 282 g/mol. The van der Waals surface area contributed by atoms with Gasteiger partial charge in [-0.25, -0.2) is 4.98 Å². The molecule has 0 aliphatic heterocycles. The van der Waals surface area contributed by atoms with Gasteiger partial charge in [0, 0.05) is 42.6 Å². The van der Waals surface area contributed by atoms with E-state index in [1.54, 1.807) is 16.7 Å². The molecule has 0 fully saturated rings. The van der Waals surface area contributed by atoms with Crippen LogP contribution in [0.15, 0.2) is 12.1 Å². The van der Waals surface area contributed by atoms with Gasteiger partial charge in [0.15, 0.2) is 0 Å². The van der Waals surface area contributed by atoms with E-state index in [4.69, 9.17) is 0 Å². The summed E-state index contributed by atoms with van der Waals surface area (Å²) in [6.45, 7) is 9.89. The average Bonchev–Trinajstić information content (AvgIpc) is 2.43. The summed E-state index contributed by atoms with van der Waals surface area (Å²) in [6, 6.07) is 3.76. The second kappa shape index (κ2) is 7.69. The van der Waals surface area contributed by atoms with Gasteiger partial charge in [-0.05, 0) is 25.3 Å². The molecule has 4 nitrogen and oxygen atoms in total. The number of rotatable bonds is 6. The summed E-state index contributed by atoms with van der Waals surface area (Å²) in [6.07, 6.45) is 2.05. The van der Waals surface area contributed by atoms with Crippen molar-refractivity contribution in [3.63, 3.8) is 0 Å². The van der Waals surface area contributed by atoms with Gasteiger partial charge < -0.3 is 10.2 Å². The van der Waals surface area contributed by atoms with Gasteiger partial charge in [0.05, 0.1) is 0 Å². The lowest BCUT2D eigenvalue weighted by Crippen LogP contribution is -2.29. The largest absolute Gasteiger partial charge is 0.370 e. The van der Waals surface area contributed by atoms with E-state index in [0.717, 1.165) is 30.4 Å². The van der Waals surface area contributed by atoms with Crippen LogP contribution in [0.1, 0.15) is 43.7 Å². The monoisotopic (exact) mass is 309 g/mol. The number of thioether (sulfide) groups is 1. The molecule has 0 spiro atoms. The number of aromatic nitrogens is 1. The van der Waals surface area contributed by atoms with Crippen LogP contribution in [-0.4, -0.2) is 47.9 Å². The number of carbonyl (C=O) groups is 1. The second-order valence-electron chi connectivity index (χ2n) is 6.13. The first kappa shape index (κ1) is 17.8. The zero-order valence-corrected chi connectivity index (χ0v) is 14.8. The Labute approximate surface area is 132 Å². The van der Waals surface area contributed by atoms with Crippen LogP contribution in [0, 0.1) is 0 Å². The molecule has 5 heteroatoms. The Hall–Kier alpha value is -1.23. The smallest absolute Gasteiger partial charge is 0.253 e. The first-order valence-corrected chi connectivity index (χ1v) is 8.69. The minimum absolute atomic E-state index is 0.0519. The maximum absolute atomic E-state index is 12.5. The molecule has 0 bridgehead atoms. The zero-order chi connectivity index (χ0) is 16.0. The summed E-state index contributed by atoms with van der Waals surface area (Å²) in [4.78, 5) is 18.9. The van der Waals surface area contributed by atoms with E-state index in [9.17, 15) is 4.79 Å². The summed E-state index contributed by atoms with van der Waals surface area (Å²) < 4.78 is 0. The minimum atomic E-state index is -0.0850. The molecule has 1 N–H and O–H groups in total. The number of pyridine rings is 1. The van der Waals surface area contributed by atoms with Crippen LogP contribution in [0.3, 0.4) is 0 Å². The van der Waals surface area contributed by atoms with E-state index >= 15 is 0 Å². The molecule has 1 rings (SSSR count).